The normalized spacial score (nSPS) is 16.1. The third kappa shape index (κ3) is 3.60. The van der Waals surface area contributed by atoms with Crippen LogP contribution in [0.15, 0.2) is 53.4 Å². The number of carbonyl (C=O) groups excluding carboxylic acids is 1. The Hall–Kier alpha value is -2.74. The number of amides is 1. The lowest BCUT2D eigenvalue weighted by Gasteiger charge is -2.25. The van der Waals surface area contributed by atoms with Crippen molar-refractivity contribution in [1.29, 1.82) is 0 Å². The summed E-state index contributed by atoms with van der Waals surface area (Å²) < 4.78 is 13.6. The molecule has 6 nitrogen and oxygen atoms in total. The van der Waals surface area contributed by atoms with Crippen molar-refractivity contribution in [2.24, 2.45) is 0 Å². The van der Waals surface area contributed by atoms with Crippen LogP contribution >= 0.6 is 11.8 Å². The molecule has 0 saturated carbocycles. The Morgan fingerprint density at radius 2 is 2.12 bits per heavy atom. The van der Waals surface area contributed by atoms with Gasteiger partial charge in [-0.05, 0) is 35.4 Å². The minimum atomic E-state index is -0.295. The number of thioether (sulfide) groups is 1. The molecule has 1 aliphatic heterocycles. The van der Waals surface area contributed by atoms with Crippen molar-refractivity contribution < 1.29 is 9.18 Å². The van der Waals surface area contributed by atoms with Gasteiger partial charge < -0.3 is 5.32 Å². The summed E-state index contributed by atoms with van der Waals surface area (Å²) >= 11 is 1.68. The van der Waals surface area contributed by atoms with Gasteiger partial charge in [0.2, 0.25) is 11.7 Å². The molecule has 1 unspecified atom stereocenters. The first kappa shape index (κ1) is 16.7. The zero-order chi connectivity index (χ0) is 17.9. The van der Waals surface area contributed by atoms with E-state index in [2.05, 4.69) is 20.7 Å². The first-order chi connectivity index (χ1) is 12.7. The van der Waals surface area contributed by atoms with Crippen LogP contribution in [0.25, 0.3) is 11.4 Å². The second kappa shape index (κ2) is 7.25. The topological polar surface area (TPSA) is 72.7 Å². The van der Waals surface area contributed by atoms with Gasteiger partial charge in [0, 0.05) is 16.2 Å². The van der Waals surface area contributed by atoms with Crippen molar-refractivity contribution >= 4 is 17.7 Å². The van der Waals surface area contributed by atoms with E-state index >= 15 is 0 Å². The Kier molecular flexibility index (Phi) is 4.66. The number of halogens is 1. The molecule has 0 radical (unpaired) electrons. The number of rotatable bonds is 4. The number of nitrogens with one attached hydrogen (secondary N) is 1. The molecule has 1 aliphatic rings. The van der Waals surface area contributed by atoms with Crippen molar-refractivity contribution in [2.75, 3.05) is 5.75 Å². The molecule has 0 bridgehead atoms. The van der Waals surface area contributed by atoms with Crippen molar-refractivity contribution in [1.82, 2.24) is 25.5 Å². The summed E-state index contributed by atoms with van der Waals surface area (Å²) in [5.41, 5.74) is 1.67. The fraction of sp³-hybridized carbons (Fsp3) is 0.222. The van der Waals surface area contributed by atoms with E-state index in [0.29, 0.717) is 5.82 Å². The maximum absolute atomic E-state index is 13.6. The lowest BCUT2D eigenvalue weighted by molar-refractivity contribution is -0.122. The molecule has 0 aliphatic carbocycles. The third-order valence-electron chi connectivity index (χ3n) is 4.12. The Morgan fingerprint density at radius 1 is 1.27 bits per heavy atom. The SMILES string of the molecule is O=C(Cn1nnc(-c2ccccc2)n1)NC1CCSc2ccc(F)cc21. The van der Waals surface area contributed by atoms with Crippen molar-refractivity contribution in [3.63, 3.8) is 0 Å². The second-order valence-electron chi connectivity index (χ2n) is 5.95. The molecule has 1 amide bonds. The highest BCUT2D eigenvalue weighted by molar-refractivity contribution is 7.99. The third-order valence-corrected chi connectivity index (χ3v) is 5.24. The Balaban J connectivity index is 1.44. The van der Waals surface area contributed by atoms with Crippen molar-refractivity contribution in [3.05, 3.63) is 59.9 Å². The van der Waals surface area contributed by atoms with Gasteiger partial charge in [-0.3, -0.25) is 4.79 Å². The molecular formula is C18H16FN5OS. The predicted octanol–water partition coefficient (Wildman–Crippen LogP) is 2.83. The molecule has 1 atom stereocenters. The molecule has 2 heterocycles. The Morgan fingerprint density at radius 3 is 2.96 bits per heavy atom. The lowest BCUT2D eigenvalue weighted by atomic mass is 10.0. The first-order valence-electron chi connectivity index (χ1n) is 8.24. The van der Waals surface area contributed by atoms with E-state index in [4.69, 9.17) is 0 Å². The minimum absolute atomic E-state index is 0.0336. The highest BCUT2D eigenvalue weighted by Crippen LogP contribution is 2.36. The van der Waals surface area contributed by atoms with Crippen LogP contribution in [0.3, 0.4) is 0 Å². The van der Waals surface area contributed by atoms with E-state index < -0.39 is 0 Å². The number of hydrogen-bond acceptors (Lipinski definition) is 5. The molecule has 132 valence electrons. The van der Waals surface area contributed by atoms with Gasteiger partial charge in [-0.1, -0.05) is 30.3 Å². The molecule has 2 aromatic carbocycles. The van der Waals surface area contributed by atoms with Crippen LogP contribution < -0.4 is 5.32 Å². The first-order valence-corrected chi connectivity index (χ1v) is 9.22. The summed E-state index contributed by atoms with van der Waals surface area (Å²) in [6.07, 6.45) is 0.757. The van der Waals surface area contributed by atoms with Gasteiger partial charge in [0.15, 0.2) is 0 Å². The number of hydrogen-bond donors (Lipinski definition) is 1. The van der Waals surface area contributed by atoms with E-state index in [9.17, 15) is 9.18 Å². The maximum Gasteiger partial charge on any atom is 0.244 e. The van der Waals surface area contributed by atoms with Crippen LogP contribution in [0.5, 0.6) is 0 Å². The van der Waals surface area contributed by atoms with Crippen molar-refractivity contribution in [3.8, 4) is 11.4 Å². The van der Waals surface area contributed by atoms with Crippen LogP contribution in [0.4, 0.5) is 4.39 Å². The monoisotopic (exact) mass is 369 g/mol. The standard InChI is InChI=1S/C18H16FN5OS/c19-13-6-7-16-14(10-13)15(8-9-26-16)20-17(25)11-24-22-18(21-23-24)12-4-2-1-3-5-12/h1-7,10,15H,8-9,11H2,(H,20,25). The minimum Gasteiger partial charge on any atom is -0.348 e. The highest BCUT2D eigenvalue weighted by Gasteiger charge is 2.23. The van der Waals surface area contributed by atoms with Gasteiger partial charge in [0.05, 0.1) is 6.04 Å². The highest BCUT2D eigenvalue weighted by atomic mass is 32.2. The number of carbonyl (C=O) groups is 1. The average molecular weight is 369 g/mol. The lowest BCUT2D eigenvalue weighted by Crippen LogP contribution is -2.33. The molecule has 26 heavy (non-hydrogen) atoms. The summed E-state index contributed by atoms with van der Waals surface area (Å²) in [6, 6.07) is 13.9. The summed E-state index contributed by atoms with van der Waals surface area (Å²) in [6.45, 7) is -0.0336. The smallest absolute Gasteiger partial charge is 0.244 e. The van der Waals surface area contributed by atoms with Gasteiger partial charge in [0.25, 0.3) is 0 Å². The van der Waals surface area contributed by atoms with Gasteiger partial charge in [-0.15, -0.1) is 22.0 Å². The average Bonchev–Trinajstić information content (AvgIpc) is 3.11. The molecule has 3 aromatic rings. The van der Waals surface area contributed by atoms with Crippen LogP contribution in [0.1, 0.15) is 18.0 Å². The predicted molar refractivity (Wildman–Crippen MR) is 95.9 cm³/mol. The summed E-state index contributed by atoms with van der Waals surface area (Å²) in [5.74, 6) is 0.827. The molecular weight excluding hydrogens is 353 g/mol. The number of nitrogens with zero attached hydrogens (tertiary/aromatic N) is 4. The second-order valence-corrected chi connectivity index (χ2v) is 7.09. The number of fused-ring (bicyclic) bond motifs is 1. The van der Waals surface area contributed by atoms with Crippen LogP contribution in [-0.2, 0) is 11.3 Å². The largest absolute Gasteiger partial charge is 0.348 e. The van der Waals surface area contributed by atoms with E-state index in [1.165, 1.54) is 16.9 Å². The van der Waals surface area contributed by atoms with Gasteiger partial charge in [0.1, 0.15) is 12.4 Å². The zero-order valence-electron chi connectivity index (χ0n) is 13.8. The van der Waals surface area contributed by atoms with E-state index in [-0.39, 0.29) is 24.3 Å². The molecule has 4 rings (SSSR count). The van der Waals surface area contributed by atoms with Gasteiger partial charge in [-0.25, -0.2) is 4.39 Å². The molecule has 0 fully saturated rings. The number of tetrazole rings is 1. The van der Waals surface area contributed by atoms with Crippen molar-refractivity contribution in [2.45, 2.75) is 23.9 Å². The number of aromatic nitrogens is 4. The van der Waals surface area contributed by atoms with E-state index in [1.807, 2.05) is 30.3 Å². The molecule has 0 spiro atoms. The molecule has 1 N–H and O–H groups in total. The fourth-order valence-corrected chi connectivity index (χ4v) is 4.00. The van der Waals surface area contributed by atoms with E-state index in [0.717, 1.165) is 28.2 Å². The number of benzene rings is 2. The Labute approximate surface area is 153 Å². The van der Waals surface area contributed by atoms with Gasteiger partial charge in [-0.2, -0.15) is 4.80 Å². The molecule has 1 aromatic heterocycles. The zero-order valence-corrected chi connectivity index (χ0v) is 14.6. The maximum atomic E-state index is 13.6. The fourth-order valence-electron chi connectivity index (χ4n) is 2.90. The summed E-state index contributed by atoms with van der Waals surface area (Å²) in [4.78, 5) is 14.7. The van der Waals surface area contributed by atoms with Crippen LogP contribution in [-0.4, -0.2) is 31.9 Å². The summed E-state index contributed by atoms with van der Waals surface area (Å²) in [5, 5.41) is 15.1. The summed E-state index contributed by atoms with van der Waals surface area (Å²) in [7, 11) is 0. The van der Waals surface area contributed by atoms with Gasteiger partial charge >= 0.3 is 0 Å². The van der Waals surface area contributed by atoms with Crippen LogP contribution in [0.2, 0.25) is 0 Å². The molecule has 8 heteroatoms. The van der Waals surface area contributed by atoms with Crippen LogP contribution in [0, 0.1) is 5.82 Å². The Bertz CT molecular complexity index is 930. The quantitative estimate of drug-likeness (QED) is 0.766. The molecule has 0 saturated heterocycles. The van der Waals surface area contributed by atoms with E-state index in [1.54, 1.807) is 17.8 Å².